The fraction of sp³-hybridized carbons (Fsp3) is 0.643. The summed E-state index contributed by atoms with van der Waals surface area (Å²) in [4.78, 5) is 27.2. The highest BCUT2D eigenvalue weighted by Gasteiger charge is 2.23. The Labute approximate surface area is 118 Å². The summed E-state index contributed by atoms with van der Waals surface area (Å²) in [5.41, 5.74) is 0. The minimum Gasteiger partial charge on any atom is -0.360 e. The van der Waals surface area contributed by atoms with E-state index < -0.39 is 0 Å². The Morgan fingerprint density at radius 1 is 1.30 bits per heavy atom. The van der Waals surface area contributed by atoms with Crippen molar-refractivity contribution >= 4 is 17.6 Å². The van der Waals surface area contributed by atoms with Crippen molar-refractivity contribution in [1.29, 1.82) is 0 Å². The van der Waals surface area contributed by atoms with Crippen molar-refractivity contribution in [2.24, 2.45) is 0 Å². The number of hydrogen-bond donors (Lipinski definition) is 0. The van der Waals surface area contributed by atoms with E-state index in [4.69, 9.17) is 4.52 Å². The van der Waals surface area contributed by atoms with Gasteiger partial charge in [0.2, 0.25) is 11.8 Å². The molecule has 1 aliphatic heterocycles. The third-order valence-corrected chi connectivity index (χ3v) is 3.52. The van der Waals surface area contributed by atoms with E-state index in [2.05, 4.69) is 5.16 Å². The number of amides is 2. The number of nitrogens with zero attached hydrogens (tertiary/aromatic N) is 3. The molecule has 0 aromatic carbocycles. The maximum absolute atomic E-state index is 12.3. The SMILES string of the molecule is CC(=O)N(CC(=O)N1CCCCCC1)c1cc(C)on1. The van der Waals surface area contributed by atoms with Crippen molar-refractivity contribution in [3.8, 4) is 0 Å². The molecule has 6 heteroatoms. The molecule has 0 N–H and O–H groups in total. The van der Waals surface area contributed by atoms with Crippen LogP contribution >= 0.6 is 0 Å². The summed E-state index contributed by atoms with van der Waals surface area (Å²) in [5, 5.41) is 3.81. The maximum Gasteiger partial charge on any atom is 0.242 e. The summed E-state index contributed by atoms with van der Waals surface area (Å²) in [7, 11) is 0. The first-order valence-corrected chi connectivity index (χ1v) is 7.07. The lowest BCUT2D eigenvalue weighted by Gasteiger charge is -2.24. The van der Waals surface area contributed by atoms with Crippen molar-refractivity contribution in [2.75, 3.05) is 24.5 Å². The molecule has 2 amide bonds. The van der Waals surface area contributed by atoms with E-state index >= 15 is 0 Å². The number of likely N-dealkylation sites (tertiary alicyclic amines) is 1. The fourth-order valence-corrected chi connectivity index (χ4v) is 2.39. The molecular formula is C14H21N3O3. The lowest BCUT2D eigenvalue weighted by Crippen LogP contribution is -2.42. The molecule has 2 rings (SSSR count). The van der Waals surface area contributed by atoms with Crippen molar-refractivity contribution in [1.82, 2.24) is 10.1 Å². The van der Waals surface area contributed by atoms with Crippen molar-refractivity contribution in [2.45, 2.75) is 39.5 Å². The third kappa shape index (κ3) is 3.59. The van der Waals surface area contributed by atoms with Gasteiger partial charge in [0.15, 0.2) is 5.82 Å². The first-order chi connectivity index (χ1) is 9.58. The standard InChI is InChI=1S/C14H21N3O3/c1-11-9-13(15-20-11)17(12(2)18)10-14(19)16-7-5-3-4-6-8-16/h9H,3-8,10H2,1-2H3. The van der Waals surface area contributed by atoms with Gasteiger partial charge in [-0.3, -0.25) is 14.5 Å². The number of anilines is 1. The van der Waals surface area contributed by atoms with Crippen molar-refractivity contribution in [3.05, 3.63) is 11.8 Å². The van der Waals surface area contributed by atoms with Gasteiger partial charge in [0.1, 0.15) is 12.3 Å². The van der Waals surface area contributed by atoms with Crippen LogP contribution in [-0.4, -0.2) is 41.5 Å². The van der Waals surface area contributed by atoms with Gasteiger partial charge in [-0.2, -0.15) is 0 Å². The molecule has 0 saturated carbocycles. The number of aryl methyl sites for hydroxylation is 1. The largest absolute Gasteiger partial charge is 0.360 e. The Kier molecular flexibility index (Phi) is 4.76. The molecule has 1 aromatic heterocycles. The van der Waals surface area contributed by atoms with Crippen molar-refractivity contribution in [3.63, 3.8) is 0 Å². The molecule has 0 radical (unpaired) electrons. The van der Waals surface area contributed by atoms with Crippen LogP contribution in [0.15, 0.2) is 10.6 Å². The number of carbonyl (C=O) groups excluding carboxylic acids is 2. The van der Waals surface area contributed by atoms with E-state index in [9.17, 15) is 9.59 Å². The molecule has 1 saturated heterocycles. The Bertz CT molecular complexity index is 476. The van der Waals surface area contributed by atoms with Crippen LogP contribution in [0.2, 0.25) is 0 Å². The molecule has 6 nitrogen and oxygen atoms in total. The van der Waals surface area contributed by atoms with Gasteiger partial charge in [-0.15, -0.1) is 0 Å². The molecule has 20 heavy (non-hydrogen) atoms. The van der Waals surface area contributed by atoms with Crippen LogP contribution < -0.4 is 4.90 Å². The first kappa shape index (κ1) is 14.6. The molecular weight excluding hydrogens is 258 g/mol. The third-order valence-electron chi connectivity index (χ3n) is 3.52. The second-order valence-electron chi connectivity index (χ2n) is 5.20. The average Bonchev–Trinajstić information content (AvgIpc) is 2.67. The smallest absolute Gasteiger partial charge is 0.242 e. The normalized spacial score (nSPS) is 15.8. The molecule has 0 aliphatic carbocycles. The van der Waals surface area contributed by atoms with Crippen molar-refractivity contribution < 1.29 is 14.1 Å². The first-order valence-electron chi connectivity index (χ1n) is 7.07. The van der Waals surface area contributed by atoms with Gasteiger partial charge >= 0.3 is 0 Å². The van der Waals surface area contributed by atoms with Crippen LogP contribution in [0.25, 0.3) is 0 Å². The van der Waals surface area contributed by atoms with Gasteiger partial charge < -0.3 is 9.42 Å². The summed E-state index contributed by atoms with van der Waals surface area (Å²) >= 11 is 0. The Hall–Kier alpha value is -1.85. The zero-order valence-corrected chi connectivity index (χ0v) is 12.1. The summed E-state index contributed by atoms with van der Waals surface area (Å²) in [6.07, 6.45) is 4.41. The second-order valence-corrected chi connectivity index (χ2v) is 5.20. The molecule has 0 unspecified atom stereocenters. The van der Waals surface area contributed by atoms with Gasteiger partial charge in [-0.25, -0.2) is 0 Å². The average molecular weight is 279 g/mol. The molecule has 0 atom stereocenters. The van der Waals surface area contributed by atoms with Crippen LogP contribution in [0.3, 0.4) is 0 Å². The highest BCUT2D eigenvalue weighted by atomic mass is 16.5. The van der Waals surface area contributed by atoms with Crippen LogP contribution in [0.5, 0.6) is 0 Å². The highest BCUT2D eigenvalue weighted by molar-refractivity contribution is 5.96. The lowest BCUT2D eigenvalue weighted by molar-refractivity contribution is -0.131. The highest BCUT2D eigenvalue weighted by Crippen LogP contribution is 2.15. The molecule has 1 aromatic rings. The monoisotopic (exact) mass is 279 g/mol. The van der Waals surface area contributed by atoms with E-state index in [1.807, 2.05) is 4.90 Å². The zero-order valence-electron chi connectivity index (χ0n) is 12.1. The van der Waals surface area contributed by atoms with Crippen LogP contribution in [-0.2, 0) is 9.59 Å². The minimum atomic E-state index is -0.207. The van der Waals surface area contributed by atoms with E-state index in [-0.39, 0.29) is 18.4 Å². The number of hydrogen-bond acceptors (Lipinski definition) is 4. The Morgan fingerprint density at radius 3 is 2.45 bits per heavy atom. The number of aromatic nitrogens is 1. The summed E-state index contributed by atoms with van der Waals surface area (Å²) in [5.74, 6) is 0.788. The van der Waals surface area contributed by atoms with Gasteiger partial charge in [0.25, 0.3) is 0 Å². The Morgan fingerprint density at radius 2 is 1.95 bits per heavy atom. The van der Waals surface area contributed by atoms with E-state index in [1.165, 1.54) is 24.7 Å². The van der Waals surface area contributed by atoms with Gasteiger partial charge in [-0.05, 0) is 19.8 Å². The fourth-order valence-electron chi connectivity index (χ4n) is 2.39. The van der Waals surface area contributed by atoms with Gasteiger partial charge in [0.05, 0.1) is 0 Å². The van der Waals surface area contributed by atoms with E-state index in [0.717, 1.165) is 25.9 Å². The summed E-state index contributed by atoms with van der Waals surface area (Å²) in [6, 6.07) is 1.66. The zero-order chi connectivity index (χ0) is 14.5. The van der Waals surface area contributed by atoms with E-state index in [1.54, 1.807) is 13.0 Å². The summed E-state index contributed by atoms with van der Waals surface area (Å²) in [6.45, 7) is 4.78. The molecule has 1 fully saturated rings. The summed E-state index contributed by atoms with van der Waals surface area (Å²) < 4.78 is 4.97. The van der Waals surface area contributed by atoms with Gasteiger partial charge in [-0.1, -0.05) is 18.0 Å². The molecule has 2 heterocycles. The number of rotatable bonds is 3. The lowest BCUT2D eigenvalue weighted by atomic mass is 10.2. The molecule has 110 valence electrons. The van der Waals surface area contributed by atoms with E-state index in [0.29, 0.717) is 11.6 Å². The second kappa shape index (κ2) is 6.54. The molecule has 0 spiro atoms. The van der Waals surface area contributed by atoms with Crippen LogP contribution in [0.1, 0.15) is 38.4 Å². The number of carbonyl (C=O) groups is 2. The molecule has 0 bridgehead atoms. The van der Waals surface area contributed by atoms with Gasteiger partial charge in [0, 0.05) is 26.1 Å². The van der Waals surface area contributed by atoms with Crippen LogP contribution in [0.4, 0.5) is 5.82 Å². The topological polar surface area (TPSA) is 66.7 Å². The maximum atomic E-state index is 12.3. The predicted molar refractivity (Wildman–Crippen MR) is 74.3 cm³/mol. The Balaban J connectivity index is 2.04. The molecule has 1 aliphatic rings. The minimum absolute atomic E-state index is 0.0252. The predicted octanol–water partition coefficient (Wildman–Crippen LogP) is 1.74. The van der Waals surface area contributed by atoms with Crippen LogP contribution in [0, 0.1) is 6.92 Å². The quantitative estimate of drug-likeness (QED) is 0.845.